The van der Waals surface area contributed by atoms with Crippen LogP contribution in [0, 0.1) is 0 Å². The number of likely N-dealkylation sites (tertiary alicyclic amines) is 1. The van der Waals surface area contributed by atoms with E-state index in [0.717, 1.165) is 44.3 Å². The van der Waals surface area contributed by atoms with Gasteiger partial charge in [-0.1, -0.05) is 30.3 Å². The fourth-order valence-electron chi connectivity index (χ4n) is 4.74. The topological polar surface area (TPSA) is 91.3 Å². The Kier molecular flexibility index (Phi) is 5.90. The highest BCUT2D eigenvalue weighted by atomic mass is 16.5. The molecule has 2 fully saturated rings. The standard InChI is InChI=1S/C21H28N4O3/c26-21(27)25-12-4-7-18(20-22-14-23-24-20)19(25)13-28-17-10-8-16(9-11-17)15-5-2-1-3-6-15/h1-3,5-6,14,16-19H,4,7-13H2,(H,26,27)(H,22,23,24)/t16?,17?,18-,19-/m0/s1. The summed E-state index contributed by atoms with van der Waals surface area (Å²) in [6, 6.07) is 10.5. The Bertz CT molecular complexity index is 744. The maximum absolute atomic E-state index is 11.8. The number of H-pyrrole nitrogens is 1. The summed E-state index contributed by atoms with van der Waals surface area (Å²) < 4.78 is 6.25. The molecule has 1 amide bonds. The average Bonchev–Trinajstić information content (AvgIpc) is 3.27. The van der Waals surface area contributed by atoms with E-state index < -0.39 is 6.09 Å². The number of aromatic nitrogens is 3. The van der Waals surface area contributed by atoms with Crippen molar-refractivity contribution < 1.29 is 14.6 Å². The van der Waals surface area contributed by atoms with Crippen LogP contribution in [0.2, 0.25) is 0 Å². The lowest BCUT2D eigenvalue weighted by molar-refractivity contribution is -0.0227. The van der Waals surface area contributed by atoms with Gasteiger partial charge in [0.1, 0.15) is 12.2 Å². The zero-order valence-corrected chi connectivity index (χ0v) is 16.0. The normalized spacial score (nSPS) is 28.2. The van der Waals surface area contributed by atoms with E-state index in [0.29, 0.717) is 19.1 Å². The monoisotopic (exact) mass is 384 g/mol. The predicted octanol–water partition coefficient (Wildman–Crippen LogP) is 3.77. The van der Waals surface area contributed by atoms with E-state index in [4.69, 9.17) is 4.74 Å². The van der Waals surface area contributed by atoms with E-state index in [9.17, 15) is 9.90 Å². The van der Waals surface area contributed by atoms with Crippen molar-refractivity contribution in [2.45, 2.75) is 62.5 Å². The molecule has 2 heterocycles. The summed E-state index contributed by atoms with van der Waals surface area (Å²) in [4.78, 5) is 17.6. The molecule has 0 spiro atoms. The first-order valence-corrected chi connectivity index (χ1v) is 10.2. The van der Waals surface area contributed by atoms with Gasteiger partial charge < -0.3 is 14.7 Å². The lowest BCUT2D eigenvalue weighted by atomic mass is 9.82. The molecule has 2 aliphatic rings. The second kappa shape index (κ2) is 8.73. The number of piperidine rings is 1. The molecule has 7 heteroatoms. The summed E-state index contributed by atoms with van der Waals surface area (Å²) >= 11 is 0. The maximum atomic E-state index is 11.8. The smallest absolute Gasteiger partial charge is 0.407 e. The first-order valence-electron chi connectivity index (χ1n) is 10.2. The molecule has 2 atom stereocenters. The Morgan fingerprint density at radius 2 is 1.96 bits per heavy atom. The number of ether oxygens (including phenoxy) is 1. The summed E-state index contributed by atoms with van der Waals surface area (Å²) in [6.07, 6.45) is 6.81. The summed E-state index contributed by atoms with van der Waals surface area (Å²) in [5.74, 6) is 1.37. The number of carboxylic acid groups (broad SMARTS) is 1. The molecule has 7 nitrogen and oxygen atoms in total. The Hall–Kier alpha value is -2.41. The minimum atomic E-state index is -0.884. The minimum Gasteiger partial charge on any atom is -0.465 e. The molecule has 2 aromatic rings. The van der Waals surface area contributed by atoms with Crippen molar-refractivity contribution in [2.24, 2.45) is 0 Å². The highest BCUT2D eigenvalue weighted by molar-refractivity contribution is 5.65. The fraction of sp³-hybridized carbons (Fsp3) is 0.571. The van der Waals surface area contributed by atoms with E-state index in [2.05, 4.69) is 45.5 Å². The zero-order chi connectivity index (χ0) is 19.3. The van der Waals surface area contributed by atoms with E-state index in [-0.39, 0.29) is 18.1 Å². The molecule has 4 rings (SSSR count). The third kappa shape index (κ3) is 4.19. The summed E-state index contributed by atoms with van der Waals surface area (Å²) in [6.45, 7) is 0.965. The molecular formula is C21H28N4O3. The minimum absolute atomic E-state index is 0.00741. The zero-order valence-electron chi connectivity index (χ0n) is 16.0. The van der Waals surface area contributed by atoms with Crippen LogP contribution >= 0.6 is 0 Å². The molecule has 1 aliphatic heterocycles. The highest BCUT2D eigenvalue weighted by Gasteiger charge is 2.37. The number of benzene rings is 1. The van der Waals surface area contributed by atoms with Crippen LogP contribution in [0.4, 0.5) is 4.79 Å². The molecule has 0 radical (unpaired) electrons. The van der Waals surface area contributed by atoms with Crippen LogP contribution < -0.4 is 0 Å². The number of amides is 1. The largest absolute Gasteiger partial charge is 0.465 e. The van der Waals surface area contributed by atoms with Crippen LogP contribution in [-0.4, -0.2) is 56.6 Å². The predicted molar refractivity (Wildman–Crippen MR) is 104 cm³/mol. The molecule has 1 aliphatic carbocycles. The number of aromatic amines is 1. The third-order valence-electron chi connectivity index (χ3n) is 6.26. The fourth-order valence-corrected chi connectivity index (χ4v) is 4.74. The number of hydrogen-bond donors (Lipinski definition) is 2. The van der Waals surface area contributed by atoms with Crippen molar-refractivity contribution in [3.63, 3.8) is 0 Å². The van der Waals surface area contributed by atoms with Crippen molar-refractivity contribution in [3.8, 4) is 0 Å². The maximum Gasteiger partial charge on any atom is 0.407 e. The van der Waals surface area contributed by atoms with Gasteiger partial charge in [0.25, 0.3) is 0 Å². The second-order valence-corrected chi connectivity index (χ2v) is 7.88. The van der Waals surface area contributed by atoms with E-state index in [1.54, 1.807) is 0 Å². The number of carbonyl (C=O) groups is 1. The van der Waals surface area contributed by atoms with Gasteiger partial charge in [-0.25, -0.2) is 9.78 Å². The van der Waals surface area contributed by atoms with Gasteiger partial charge in [0, 0.05) is 12.5 Å². The van der Waals surface area contributed by atoms with Gasteiger partial charge in [-0.15, -0.1) is 0 Å². The van der Waals surface area contributed by atoms with Crippen molar-refractivity contribution >= 4 is 6.09 Å². The van der Waals surface area contributed by atoms with Gasteiger partial charge in [0.05, 0.1) is 18.8 Å². The Balaban J connectivity index is 1.36. The quantitative estimate of drug-likeness (QED) is 0.819. The van der Waals surface area contributed by atoms with Crippen LogP contribution in [0.15, 0.2) is 36.7 Å². The van der Waals surface area contributed by atoms with Crippen molar-refractivity contribution in [3.05, 3.63) is 48.0 Å². The van der Waals surface area contributed by atoms with E-state index in [1.165, 1.54) is 16.8 Å². The van der Waals surface area contributed by atoms with Gasteiger partial charge in [0.2, 0.25) is 0 Å². The molecule has 0 bridgehead atoms. The highest BCUT2D eigenvalue weighted by Crippen LogP contribution is 2.35. The molecule has 1 aromatic heterocycles. The molecule has 150 valence electrons. The Morgan fingerprint density at radius 3 is 2.64 bits per heavy atom. The molecule has 28 heavy (non-hydrogen) atoms. The van der Waals surface area contributed by atoms with Crippen molar-refractivity contribution in [1.29, 1.82) is 0 Å². The molecular weight excluding hydrogens is 356 g/mol. The molecule has 1 saturated carbocycles. The summed E-state index contributed by atoms with van der Waals surface area (Å²) in [7, 11) is 0. The van der Waals surface area contributed by atoms with Gasteiger partial charge in [-0.05, 0) is 50.0 Å². The van der Waals surface area contributed by atoms with Crippen LogP contribution in [0.5, 0.6) is 0 Å². The number of rotatable bonds is 5. The number of nitrogens with zero attached hydrogens (tertiary/aromatic N) is 3. The average molecular weight is 384 g/mol. The van der Waals surface area contributed by atoms with Crippen molar-refractivity contribution in [1.82, 2.24) is 20.1 Å². The van der Waals surface area contributed by atoms with Crippen LogP contribution in [0.25, 0.3) is 0 Å². The SMILES string of the molecule is O=C(O)N1CCC[C@H](c2ncn[nH]2)[C@@H]1COC1CCC(c2ccccc2)CC1. The first kappa shape index (κ1) is 18.9. The van der Waals surface area contributed by atoms with Gasteiger partial charge in [-0.2, -0.15) is 5.10 Å². The van der Waals surface area contributed by atoms with E-state index >= 15 is 0 Å². The van der Waals surface area contributed by atoms with Crippen LogP contribution in [0.3, 0.4) is 0 Å². The molecule has 0 unspecified atom stereocenters. The van der Waals surface area contributed by atoms with Crippen LogP contribution in [0.1, 0.15) is 61.7 Å². The Labute approximate surface area is 165 Å². The lowest BCUT2D eigenvalue weighted by Gasteiger charge is -2.39. The summed E-state index contributed by atoms with van der Waals surface area (Å²) in [5.41, 5.74) is 1.41. The third-order valence-corrected chi connectivity index (χ3v) is 6.26. The Morgan fingerprint density at radius 1 is 1.18 bits per heavy atom. The lowest BCUT2D eigenvalue weighted by Crippen LogP contribution is -2.50. The van der Waals surface area contributed by atoms with Gasteiger partial charge in [-0.3, -0.25) is 5.10 Å². The first-order chi connectivity index (χ1) is 13.7. The second-order valence-electron chi connectivity index (χ2n) is 7.88. The molecule has 1 saturated heterocycles. The summed E-state index contributed by atoms with van der Waals surface area (Å²) in [5, 5.41) is 16.5. The van der Waals surface area contributed by atoms with Gasteiger partial charge >= 0.3 is 6.09 Å². The number of nitrogens with one attached hydrogen (secondary N) is 1. The molecule has 2 N–H and O–H groups in total. The number of hydrogen-bond acceptors (Lipinski definition) is 4. The molecule has 1 aromatic carbocycles. The van der Waals surface area contributed by atoms with Crippen molar-refractivity contribution in [2.75, 3.05) is 13.2 Å². The van der Waals surface area contributed by atoms with E-state index in [1.807, 2.05) is 0 Å². The van der Waals surface area contributed by atoms with Gasteiger partial charge in [0.15, 0.2) is 0 Å². The van der Waals surface area contributed by atoms with Crippen LogP contribution in [-0.2, 0) is 4.74 Å².